The maximum atomic E-state index is 13.0. The van der Waals surface area contributed by atoms with Crippen molar-refractivity contribution in [2.45, 2.75) is 24.2 Å². The minimum absolute atomic E-state index is 0.111. The van der Waals surface area contributed by atoms with Crippen molar-refractivity contribution in [3.8, 4) is 6.07 Å². The van der Waals surface area contributed by atoms with Gasteiger partial charge in [0.2, 0.25) is 15.9 Å². The van der Waals surface area contributed by atoms with E-state index in [0.717, 1.165) is 39.1 Å². The van der Waals surface area contributed by atoms with E-state index in [1.54, 1.807) is 11.3 Å². The van der Waals surface area contributed by atoms with Gasteiger partial charge in [0.25, 0.3) is 0 Å². The van der Waals surface area contributed by atoms with E-state index >= 15 is 0 Å². The molecule has 1 aromatic carbocycles. The maximum absolute atomic E-state index is 13.0. The largest absolute Gasteiger partial charge is 0.340 e. The molecule has 4 rings (SSSR count). The molecule has 1 aromatic heterocycles. The van der Waals surface area contributed by atoms with Crippen LogP contribution in [0.2, 0.25) is 0 Å². The van der Waals surface area contributed by atoms with Crippen LogP contribution in [0.25, 0.3) is 0 Å². The van der Waals surface area contributed by atoms with Crippen molar-refractivity contribution < 1.29 is 13.2 Å². The molecule has 0 bridgehead atoms. The standard InChI is InChI=1S/C23H28N4O3S2/c24-18-19-3-5-22(6-4-19)32(29,30)27-11-7-20(8-12-27)23(28)26-15-13-25(14-16-26)10-9-21-2-1-17-31-21/h1-6,17,20H,7-16H2. The molecule has 32 heavy (non-hydrogen) atoms. The molecule has 2 aromatic rings. The molecule has 2 aliphatic heterocycles. The van der Waals surface area contributed by atoms with Gasteiger partial charge in [-0.15, -0.1) is 11.3 Å². The smallest absolute Gasteiger partial charge is 0.243 e. The lowest BCUT2D eigenvalue weighted by molar-refractivity contribution is -0.138. The molecule has 7 nitrogen and oxygen atoms in total. The molecule has 3 heterocycles. The van der Waals surface area contributed by atoms with Crippen LogP contribution in [0.5, 0.6) is 0 Å². The second-order valence-electron chi connectivity index (χ2n) is 8.31. The third kappa shape index (κ3) is 5.21. The van der Waals surface area contributed by atoms with Gasteiger partial charge in [-0.05, 0) is 55.0 Å². The highest BCUT2D eigenvalue weighted by molar-refractivity contribution is 7.89. The molecular weight excluding hydrogens is 444 g/mol. The number of piperidine rings is 1. The Labute approximate surface area is 193 Å². The first-order valence-corrected chi connectivity index (χ1v) is 13.3. The van der Waals surface area contributed by atoms with E-state index in [2.05, 4.69) is 22.4 Å². The topological polar surface area (TPSA) is 84.7 Å². The molecule has 2 fully saturated rings. The fraction of sp³-hybridized carbons (Fsp3) is 0.478. The third-order valence-electron chi connectivity index (χ3n) is 6.36. The van der Waals surface area contributed by atoms with Gasteiger partial charge in [-0.1, -0.05) is 6.07 Å². The minimum atomic E-state index is -3.60. The van der Waals surface area contributed by atoms with Crippen LogP contribution in [0.1, 0.15) is 23.3 Å². The highest BCUT2D eigenvalue weighted by Crippen LogP contribution is 2.26. The van der Waals surface area contributed by atoms with Crippen LogP contribution in [0.3, 0.4) is 0 Å². The molecule has 0 aliphatic carbocycles. The number of benzene rings is 1. The number of sulfonamides is 1. The van der Waals surface area contributed by atoms with Crippen molar-refractivity contribution in [2.75, 3.05) is 45.8 Å². The number of carbonyl (C=O) groups excluding carboxylic acids is 1. The highest BCUT2D eigenvalue weighted by atomic mass is 32.2. The summed E-state index contributed by atoms with van der Waals surface area (Å²) in [5.41, 5.74) is 0.430. The molecule has 0 N–H and O–H groups in total. The fourth-order valence-electron chi connectivity index (χ4n) is 4.37. The monoisotopic (exact) mass is 472 g/mol. The van der Waals surface area contributed by atoms with Crippen molar-refractivity contribution in [2.24, 2.45) is 5.92 Å². The highest BCUT2D eigenvalue weighted by Gasteiger charge is 2.34. The number of nitrogens with zero attached hydrogens (tertiary/aromatic N) is 4. The quantitative estimate of drug-likeness (QED) is 0.645. The summed E-state index contributed by atoms with van der Waals surface area (Å²) < 4.78 is 27.2. The summed E-state index contributed by atoms with van der Waals surface area (Å²) in [5.74, 6) is 0.0541. The molecule has 170 valence electrons. The molecule has 9 heteroatoms. The molecule has 1 amide bonds. The van der Waals surface area contributed by atoms with Crippen LogP contribution in [-0.2, 0) is 21.2 Å². The number of nitriles is 1. The molecule has 2 saturated heterocycles. The SMILES string of the molecule is N#Cc1ccc(S(=O)(=O)N2CCC(C(=O)N3CCN(CCc4cccs4)CC3)CC2)cc1. The lowest BCUT2D eigenvalue weighted by Crippen LogP contribution is -2.52. The van der Waals surface area contributed by atoms with Crippen LogP contribution in [-0.4, -0.2) is 74.2 Å². The Morgan fingerprint density at radius 2 is 1.72 bits per heavy atom. The average molecular weight is 473 g/mol. The summed E-state index contributed by atoms with van der Waals surface area (Å²) in [4.78, 5) is 19.0. The van der Waals surface area contributed by atoms with E-state index in [4.69, 9.17) is 5.26 Å². The second-order valence-corrected chi connectivity index (χ2v) is 11.3. The van der Waals surface area contributed by atoms with Crippen molar-refractivity contribution in [3.63, 3.8) is 0 Å². The number of thiophene rings is 1. The first-order valence-electron chi connectivity index (χ1n) is 11.0. The van der Waals surface area contributed by atoms with Gasteiger partial charge in [0.05, 0.1) is 16.5 Å². The van der Waals surface area contributed by atoms with E-state index in [-0.39, 0.29) is 16.7 Å². The third-order valence-corrected chi connectivity index (χ3v) is 9.21. The van der Waals surface area contributed by atoms with Gasteiger partial charge in [-0.25, -0.2) is 8.42 Å². The van der Waals surface area contributed by atoms with Gasteiger partial charge in [0.15, 0.2) is 0 Å². The Morgan fingerprint density at radius 1 is 1.03 bits per heavy atom. The summed E-state index contributed by atoms with van der Waals surface area (Å²) in [6.45, 7) is 4.99. The van der Waals surface area contributed by atoms with E-state index in [0.29, 0.717) is 31.5 Å². The lowest BCUT2D eigenvalue weighted by Gasteiger charge is -2.38. The molecule has 0 unspecified atom stereocenters. The van der Waals surface area contributed by atoms with Gasteiger partial charge in [-0.3, -0.25) is 9.69 Å². The number of piperazine rings is 1. The summed E-state index contributed by atoms with van der Waals surface area (Å²) in [7, 11) is -3.60. The lowest BCUT2D eigenvalue weighted by atomic mass is 9.96. The van der Waals surface area contributed by atoms with Crippen LogP contribution in [0, 0.1) is 17.2 Å². The normalized spacial score (nSPS) is 19.0. The van der Waals surface area contributed by atoms with Crippen molar-refractivity contribution in [1.29, 1.82) is 5.26 Å². The molecule has 0 spiro atoms. The summed E-state index contributed by atoms with van der Waals surface area (Å²) in [6, 6.07) is 12.2. The molecule has 0 radical (unpaired) electrons. The van der Waals surface area contributed by atoms with Gasteiger partial charge in [-0.2, -0.15) is 9.57 Å². The molecular formula is C23H28N4O3S2. The first-order chi connectivity index (χ1) is 15.5. The second kappa shape index (κ2) is 10.1. The Balaban J connectivity index is 1.25. The van der Waals surface area contributed by atoms with E-state index in [9.17, 15) is 13.2 Å². The van der Waals surface area contributed by atoms with Crippen molar-refractivity contribution in [1.82, 2.24) is 14.1 Å². The zero-order valence-corrected chi connectivity index (χ0v) is 19.7. The fourth-order valence-corrected chi connectivity index (χ4v) is 6.53. The first kappa shape index (κ1) is 22.9. The van der Waals surface area contributed by atoms with E-state index < -0.39 is 10.0 Å². The molecule has 0 saturated carbocycles. The predicted octanol–water partition coefficient (Wildman–Crippen LogP) is 2.41. The van der Waals surface area contributed by atoms with Crippen molar-refractivity contribution in [3.05, 3.63) is 52.2 Å². The van der Waals surface area contributed by atoms with Crippen LogP contribution in [0.4, 0.5) is 0 Å². The Hall–Kier alpha value is -2.25. The van der Waals surface area contributed by atoms with Gasteiger partial charge >= 0.3 is 0 Å². The van der Waals surface area contributed by atoms with Gasteiger partial charge in [0, 0.05) is 56.6 Å². The Kier molecular flexibility index (Phi) is 7.26. The predicted molar refractivity (Wildman–Crippen MR) is 124 cm³/mol. The molecule has 0 atom stereocenters. The van der Waals surface area contributed by atoms with E-state index in [1.807, 2.05) is 11.0 Å². The Bertz CT molecular complexity index is 1050. The van der Waals surface area contributed by atoms with Crippen LogP contribution in [0.15, 0.2) is 46.7 Å². The maximum Gasteiger partial charge on any atom is 0.243 e. The zero-order chi connectivity index (χ0) is 22.6. The van der Waals surface area contributed by atoms with Crippen molar-refractivity contribution >= 4 is 27.3 Å². The van der Waals surface area contributed by atoms with Gasteiger partial charge in [0.1, 0.15) is 0 Å². The summed E-state index contributed by atoms with van der Waals surface area (Å²) in [6.07, 6.45) is 2.15. The number of rotatable bonds is 6. The number of hydrogen-bond acceptors (Lipinski definition) is 6. The average Bonchev–Trinajstić information content (AvgIpc) is 3.36. The number of amides is 1. The van der Waals surface area contributed by atoms with Gasteiger partial charge < -0.3 is 4.90 Å². The summed E-state index contributed by atoms with van der Waals surface area (Å²) in [5, 5.41) is 11.0. The van der Waals surface area contributed by atoms with Crippen LogP contribution < -0.4 is 0 Å². The zero-order valence-electron chi connectivity index (χ0n) is 18.0. The number of carbonyl (C=O) groups is 1. The molecule has 2 aliphatic rings. The summed E-state index contributed by atoms with van der Waals surface area (Å²) >= 11 is 1.79. The number of hydrogen-bond donors (Lipinski definition) is 0. The van der Waals surface area contributed by atoms with E-state index in [1.165, 1.54) is 33.4 Å². The minimum Gasteiger partial charge on any atom is -0.340 e. The van der Waals surface area contributed by atoms with Crippen LogP contribution >= 0.6 is 11.3 Å². The Morgan fingerprint density at radius 3 is 2.31 bits per heavy atom.